The lowest BCUT2D eigenvalue weighted by molar-refractivity contribution is -0.140. The molecule has 8 heteroatoms. The third-order valence-corrected chi connectivity index (χ3v) is 6.97. The minimum absolute atomic E-state index is 0.141. The molecule has 2 heterocycles. The summed E-state index contributed by atoms with van der Waals surface area (Å²) >= 11 is 0. The summed E-state index contributed by atoms with van der Waals surface area (Å²) in [4.78, 5) is 29.6. The molecule has 1 saturated heterocycles. The van der Waals surface area contributed by atoms with Gasteiger partial charge >= 0.3 is 0 Å². The number of carbonyl (C=O) groups is 2. The second-order valence-electron chi connectivity index (χ2n) is 9.40. The Morgan fingerprint density at radius 1 is 1.21 bits per heavy atom. The van der Waals surface area contributed by atoms with E-state index in [4.69, 9.17) is 0 Å². The number of amides is 2. The maximum Gasteiger partial charge on any atom is 0.226 e. The van der Waals surface area contributed by atoms with Crippen LogP contribution in [0.4, 0.5) is 10.1 Å². The van der Waals surface area contributed by atoms with Crippen molar-refractivity contribution in [3.05, 3.63) is 47.5 Å². The number of aryl methyl sites for hydroxylation is 1. The van der Waals surface area contributed by atoms with Crippen LogP contribution in [0.15, 0.2) is 30.6 Å². The Morgan fingerprint density at radius 3 is 2.70 bits per heavy atom. The van der Waals surface area contributed by atoms with E-state index < -0.39 is 0 Å². The van der Waals surface area contributed by atoms with Crippen LogP contribution in [-0.2, 0) is 22.7 Å². The van der Waals surface area contributed by atoms with E-state index in [9.17, 15) is 14.0 Å². The molecule has 4 rings (SSSR count). The van der Waals surface area contributed by atoms with Gasteiger partial charge in [-0.2, -0.15) is 5.10 Å². The van der Waals surface area contributed by atoms with Crippen molar-refractivity contribution < 1.29 is 14.0 Å². The van der Waals surface area contributed by atoms with E-state index in [2.05, 4.69) is 22.2 Å². The second kappa shape index (κ2) is 10.5. The topological polar surface area (TPSA) is 70.5 Å². The number of nitrogens with zero attached hydrogens (tertiary/aromatic N) is 4. The van der Waals surface area contributed by atoms with Crippen LogP contribution in [-0.4, -0.2) is 57.1 Å². The van der Waals surface area contributed by atoms with Gasteiger partial charge in [-0.05, 0) is 56.0 Å². The number of piperazine rings is 1. The summed E-state index contributed by atoms with van der Waals surface area (Å²) in [5.41, 5.74) is 2.25. The first-order valence-corrected chi connectivity index (χ1v) is 12.0. The summed E-state index contributed by atoms with van der Waals surface area (Å²) in [6.07, 6.45) is 8.10. The number of carbonyl (C=O) groups excluding carboxylic acids is 2. The Hall–Kier alpha value is -2.74. The highest BCUT2D eigenvalue weighted by Gasteiger charge is 2.33. The minimum atomic E-state index is -0.360. The monoisotopic (exact) mass is 455 g/mol. The third-order valence-electron chi connectivity index (χ3n) is 6.97. The molecule has 2 aromatic rings. The quantitative estimate of drug-likeness (QED) is 0.693. The molecule has 1 atom stereocenters. The second-order valence-corrected chi connectivity index (χ2v) is 9.40. The Labute approximate surface area is 194 Å². The molecule has 0 spiro atoms. The van der Waals surface area contributed by atoms with Crippen LogP contribution in [0.25, 0.3) is 0 Å². The zero-order valence-electron chi connectivity index (χ0n) is 19.6. The highest BCUT2D eigenvalue weighted by molar-refractivity contribution is 5.91. The number of benzene rings is 1. The fourth-order valence-electron chi connectivity index (χ4n) is 5.04. The van der Waals surface area contributed by atoms with E-state index in [0.717, 1.165) is 49.9 Å². The lowest BCUT2D eigenvalue weighted by Gasteiger charge is -2.41. The van der Waals surface area contributed by atoms with Crippen LogP contribution in [0.2, 0.25) is 0 Å². The van der Waals surface area contributed by atoms with Gasteiger partial charge in [-0.15, -0.1) is 0 Å². The molecule has 2 aliphatic rings. The van der Waals surface area contributed by atoms with Gasteiger partial charge < -0.3 is 10.2 Å². The first-order valence-electron chi connectivity index (χ1n) is 12.0. The zero-order chi connectivity index (χ0) is 23.4. The molecular weight excluding hydrogens is 421 g/mol. The van der Waals surface area contributed by atoms with E-state index in [1.54, 1.807) is 23.1 Å². The maximum absolute atomic E-state index is 14.4. The van der Waals surface area contributed by atoms with Crippen molar-refractivity contribution in [2.24, 2.45) is 5.92 Å². The van der Waals surface area contributed by atoms with Gasteiger partial charge in [0.1, 0.15) is 5.82 Å². The van der Waals surface area contributed by atoms with E-state index >= 15 is 0 Å². The lowest BCUT2D eigenvalue weighted by Crippen LogP contribution is -2.54. The number of hydrogen-bond acceptors (Lipinski definition) is 4. The Morgan fingerprint density at radius 2 is 2.00 bits per heavy atom. The van der Waals surface area contributed by atoms with Crippen molar-refractivity contribution in [3.63, 3.8) is 0 Å². The van der Waals surface area contributed by atoms with Crippen LogP contribution in [0, 0.1) is 18.7 Å². The standard InChI is InChI=1S/C25H34FN5O2/c1-18-16-29(12-13-31(18)25(33)20-6-3-4-7-20)17-21-14-22(26)15-23(19(21)2)28-24(32)8-11-30-10-5-9-27-30/h5,9-10,14-15,18,20H,3-4,6-8,11-13,16-17H2,1-2H3,(H,28,32). The summed E-state index contributed by atoms with van der Waals surface area (Å²) in [7, 11) is 0. The SMILES string of the molecule is Cc1c(CN2CCN(C(=O)C3CCCC3)C(C)C2)cc(F)cc1NC(=O)CCn1cccn1. The summed E-state index contributed by atoms with van der Waals surface area (Å²) in [5.74, 6) is -0.0236. The third kappa shape index (κ3) is 5.79. The fourth-order valence-corrected chi connectivity index (χ4v) is 5.04. The van der Waals surface area contributed by atoms with Crippen LogP contribution >= 0.6 is 0 Å². The first kappa shape index (κ1) is 23.4. The molecule has 2 amide bonds. The lowest BCUT2D eigenvalue weighted by atomic mass is 10.0. The van der Waals surface area contributed by atoms with Gasteiger partial charge in [-0.3, -0.25) is 19.2 Å². The van der Waals surface area contributed by atoms with E-state index in [0.29, 0.717) is 31.2 Å². The smallest absolute Gasteiger partial charge is 0.226 e. The van der Waals surface area contributed by atoms with Crippen LogP contribution in [0.3, 0.4) is 0 Å². The number of anilines is 1. The zero-order valence-corrected chi connectivity index (χ0v) is 19.6. The highest BCUT2D eigenvalue weighted by Crippen LogP contribution is 2.29. The van der Waals surface area contributed by atoms with Gasteiger partial charge in [-0.25, -0.2) is 4.39 Å². The summed E-state index contributed by atoms with van der Waals surface area (Å²) in [6.45, 7) is 7.33. The summed E-state index contributed by atoms with van der Waals surface area (Å²) < 4.78 is 16.1. The molecule has 178 valence electrons. The van der Waals surface area contributed by atoms with Crippen molar-refractivity contribution in [3.8, 4) is 0 Å². The van der Waals surface area contributed by atoms with Gasteiger partial charge in [0.15, 0.2) is 0 Å². The van der Waals surface area contributed by atoms with Crippen molar-refractivity contribution in [2.45, 2.75) is 65.1 Å². The molecule has 33 heavy (non-hydrogen) atoms. The van der Waals surface area contributed by atoms with Gasteiger partial charge in [0, 0.05) is 69.2 Å². The van der Waals surface area contributed by atoms with Gasteiger partial charge in [-0.1, -0.05) is 12.8 Å². The Balaban J connectivity index is 1.35. The van der Waals surface area contributed by atoms with Gasteiger partial charge in [0.2, 0.25) is 11.8 Å². The molecular formula is C25H34FN5O2. The highest BCUT2D eigenvalue weighted by atomic mass is 19.1. The summed E-state index contributed by atoms with van der Waals surface area (Å²) in [6, 6.07) is 4.88. The maximum atomic E-state index is 14.4. The normalized spacial score (nSPS) is 19.7. The molecule has 1 aliphatic heterocycles. The molecule has 1 aliphatic carbocycles. The van der Waals surface area contributed by atoms with Crippen molar-refractivity contribution in [2.75, 3.05) is 25.0 Å². The number of halogens is 1. The first-order chi connectivity index (χ1) is 15.9. The van der Waals surface area contributed by atoms with Gasteiger partial charge in [0.25, 0.3) is 0 Å². The molecule has 1 saturated carbocycles. The number of aromatic nitrogens is 2. The van der Waals surface area contributed by atoms with E-state index in [1.165, 1.54) is 6.07 Å². The van der Waals surface area contributed by atoms with E-state index in [1.807, 2.05) is 17.9 Å². The molecule has 1 aromatic carbocycles. The number of hydrogen-bond donors (Lipinski definition) is 1. The molecule has 7 nitrogen and oxygen atoms in total. The predicted octanol–water partition coefficient (Wildman–Crippen LogP) is 3.58. The molecule has 0 radical (unpaired) electrons. The average Bonchev–Trinajstić information content (AvgIpc) is 3.49. The average molecular weight is 456 g/mol. The number of rotatable bonds is 7. The predicted molar refractivity (Wildman–Crippen MR) is 125 cm³/mol. The molecule has 1 aromatic heterocycles. The van der Waals surface area contributed by atoms with Crippen molar-refractivity contribution in [1.29, 1.82) is 0 Å². The Kier molecular flexibility index (Phi) is 7.42. The number of nitrogens with one attached hydrogen (secondary N) is 1. The van der Waals surface area contributed by atoms with Crippen molar-refractivity contribution in [1.82, 2.24) is 19.6 Å². The molecule has 2 fully saturated rings. The van der Waals surface area contributed by atoms with Gasteiger partial charge in [0.05, 0.1) is 0 Å². The largest absolute Gasteiger partial charge is 0.337 e. The molecule has 0 bridgehead atoms. The fraction of sp³-hybridized carbons (Fsp3) is 0.560. The Bertz CT molecular complexity index is 971. The van der Waals surface area contributed by atoms with Crippen LogP contribution in [0.1, 0.15) is 50.2 Å². The molecule has 1 N–H and O–H groups in total. The molecule has 1 unspecified atom stereocenters. The minimum Gasteiger partial charge on any atom is -0.337 e. The van der Waals surface area contributed by atoms with Crippen molar-refractivity contribution >= 4 is 17.5 Å². The van der Waals surface area contributed by atoms with E-state index in [-0.39, 0.29) is 30.1 Å². The van der Waals surface area contributed by atoms with Crippen LogP contribution in [0.5, 0.6) is 0 Å². The van der Waals surface area contributed by atoms with Crippen LogP contribution < -0.4 is 5.32 Å². The summed E-state index contributed by atoms with van der Waals surface area (Å²) in [5, 5.41) is 6.96.